The van der Waals surface area contributed by atoms with Gasteiger partial charge in [-0.3, -0.25) is 8.98 Å². The summed E-state index contributed by atoms with van der Waals surface area (Å²) in [7, 11) is -3.34. The minimum atomic E-state index is -3.34. The van der Waals surface area contributed by atoms with Crippen molar-refractivity contribution >= 4 is 34.3 Å². The molecule has 3 heterocycles. The molecule has 4 amide bonds. The SMILES string of the molecule is CC(C)(C)OC(=O)NCCCCCO.CC(C)(C)OC(=O)NCCCCCOS(C)(=O)=O.CC(C)(C)OC(=O)NCCCCCn1cnc(-c2ccccc2)c1-c1ccccc1.O=C(COCc1ccc(F)cc1)NCCCCCn1cnc(-c2ccccc2)c1-c1ccccc1.c1ccc(-c2nc[nH]c2-c2ccccc2)cc1. The first-order valence-electron chi connectivity index (χ1n) is 39.1. The number of rotatable bonds is 34. The Morgan fingerprint density at radius 3 is 1.16 bits per heavy atom. The van der Waals surface area contributed by atoms with Crippen molar-refractivity contribution in [3.63, 3.8) is 0 Å². The molecule has 0 saturated carbocycles. The average molecular weight is 1580 g/mol. The Bertz CT molecular complexity index is 4400. The molecule has 0 unspecified atom stereocenters. The Hall–Kier alpha value is -10.8. The number of aliphatic hydroxyl groups excluding tert-OH is 1. The van der Waals surface area contributed by atoms with E-state index in [1.807, 2.05) is 151 Å². The van der Waals surface area contributed by atoms with Crippen molar-refractivity contribution in [1.82, 2.24) is 50.3 Å². The van der Waals surface area contributed by atoms with Crippen molar-refractivity contribution < 1.29 is 60.2 Å². The van der Waals surface area contributed by atoms with Crippen molar-refractivity contribution in [3.8, 4) is 67.5 Å². The van der Waals surface area contributed by atoms with Gasteiger partial charge in [0.05, 0.1) is 72.6 Å². The van der Waals surface area contributed by atoms with E-state index in [0.717, 1.165) is 158 Å². The number of H-pyrrole nitrogens is 1. The van der Waals surface area contributed by atoms with Crippen molar-refractivity contribution in [1.29, 1.82) is 0 Å². The molecule has 0 fully saturated rings. The number of imidazole rings is 3. The number of nitrogens with zero attached hydrogens (tertiary/aromatic N) is 5. The predicted octanol–water partition coefficient (Wildman–Crippen LogP) is 18.8. The number of carbonyl (C=O) groups is 4. The first-order chi connectivity index (χ1) is 54.6. The number of aromatic nitrogens is 6. The summed E-state index contributed by atoms with van der Waals surface area (Å²) in [6, 6.07) is 67.9. The number of carbonyl (C=O) groups excluding carboxylic acids is 4. The number of unbranched alkanes of at least 4 members (excludes halogenated alkanes) is 8. The smallest absolute Gasteiger partial charge is 0.407 e. The first-order valence-corrected chi connectivity index (χ1v) is 40.9. The molecule has 24 heteroatoms. The van der Waals surface area contributed by atoms with Gasteiger partial charge in [-0.15, -0.1) is 0 Å². The van der Waals surface area contributed by atoms with Crippen LogP contribution in [0.5, 0.6) is 0 Å². The molecule has 22 nitrogen and oxygen atoms in total. The molecular weight excluding hydrogens is 1460 g/mol. The molecule has 10 rings (SSSR count). The molecule has 0 atom stereocenters. The quantitative estimate of drug-likeness (QED) is 0.0124. The number of hydrogen-bond donors (Lipinski definition) is 6. The van der Waals surface area contributed by atoms with Crippen LogP contribution < -0.4 is 21.3 Å². The van der Waals surface area contributed by atoms with Gasteiger partial charge in [0.1, 0.15) is 29.2 Å². The van der Waals surface area contributed by atoms with E-state index in [-0.39, 0.29) is 50.3 Å². The lowest BCUT2D eigenvalue weighted by Crippen LogP contribution is -2.33. The maximum Gasteiger partial charge on any atom is 0.407 e. The molecule has 10 aromatic rings. The number of halogens is 1. The number of alkyl carbamates (subject to hydrolysis) is 3. The number of benzene rings is 7. The van der Waals surface area contributed by atoms with Crippen molar-refractivity contribution in [2.24, 2.45) is 0 Å². The summed E-state index contributed by atoms with van der Waals surface area (Å²) in [6.07, 6.45) is 16.0. The van der Waals surface area contributed by atoms with E-state index in [0.29, 0.717) is 32.6 Å². The Morgan fingerprint density at radius 1 is 0.430 bits per heavy atom. The highest BCUT2D eigenvalue weighted by atomic mass is 32.2. The summed E-state index contributed by atoms with van der Waals surface area (Å²) < 4.78 is 64.0. The van der Waals surface area contributed by atoms with Gasteiger partial charge in [-0.05, 0) is 157 Å². The van der Waals surface area contributed by atoms with Gasteiger partial charge in [0.2, 0.25) is 5.91 Å². The lowest BCUT2D eigenvalue weighted by molar-refractivity contribution is -0.126. The maximum absolute atomic E-state index is 12.9. The largest absolute Gasteiger partial charge is 0.444 e. The molecular formula is C90H117FN10O12S. The fourth-order valence-electron chi connectivity index (χ4n) is 11.3. The Labute approximate surface area is 673 Å². The summed E-state index contributed by atoms with van der Waals surface area (Å²) >= 11 is 0. The number of amides is 4. The van der Waals surface area contributed by atoms with Crippen molar-refractivity contribution in [2.45, 2.75) is 176 Å². The fourth-order valence-corrected chi connectivity index (χ4v) is 11.7. The molecule has 7 aromatic carbocycles. The zero-order valence-electron chi connectivity index (χ0n) is 67.9. The molecule has 3 aromatic heterocycles. The van der Waals surface area contributed by atoms with Gasteiger partial charge in [-0.2, -0.15) is 8.42 Å². The molecule has 0 aliphatic carbocycles. The zero-order valence-corrected chi connectivity index (χ0v) is 68.7. The molecule has 0 bridgehead atoms. The Kier molecular flexibility index (Phi) is 40.1. The summed E-state index contributed by atoms with van der Waals surface area (Å²) in [5, 5.41) is 19.5. The van der Waals surface area contributed by atoms with Crippen LogP contribution in [0.4, 0.5) is 18.8 Å². The molecule has 6 N–H and O–H groups in total. The predicted molar refractivity (Wildman–Crippen MR) is 451 cm³/mol. The standard InChI is InChI=1S/C29H30FN3O2.C25H31N3O2.C15H12N2.C11H23NO5S.C10H21NO3/c30-26-16-14-23(15-17-26)20-35-21-27(34)31-18-8-3-9-19-33-22-32-28(24-10-4-1-5-11-24)29(33)25-12-6-2-7-13-25;1-25(2,3)30-24(29)26-17-11-6-12-18-28-19-27-22(20-13-7-4-8-14-20)23(28)21-15-9-5-10-16-21;1-3-7-12(8-4-1)14-15(17-11-16-14)13-9-5-2-6-10-13;1-11(2,3)17-10(13)12-8-6-5-7-9-16-18(4,14)15;1-10(2,3)14-9(13)11-7-5-4-6-8-12/h1-2,4-7,10-17,22H,3,8-9,18-21H2,(H,31,34);4-5,7-10,13-16,19H,6,11-12,17-18H2,1-3H3,(H,26,29);1-11H,(H,16,17);5-9H2,1-4H3,(H,12,13);12H,4-8H2,1-3H3,(H,11,13). The molecule has 612 valence electrons. The number of hydrogen-bond acceptors (Lipinski definition) is 15. The van der Waals surface area contributed by atoms with Gasteiger partial charge in [0.25, 0.3) is 10.1 Å². The number of nitrogens with one attached hydrogen (secondary N) is 5. The van der Waals surface area contributed by atoms with Crippen LogP contribution in [0.2, 0.25) is 0 Å². The fraction of sp³-hybridized carbons (Fsp3) is 0.389. The minimum Gasteiger partial charge on any atom is -0.444 e. The Morgan fingerprint density at radius 2 is 0.781 bits per heavy atom. The number of ether oxygens (including phenoxy) is 4. The monoisotopic (exact) mass is 1580 g/mol. The maximum atomic E-state index is 12.9. The van der Waals surface area contributed by atoms with Gasteiger partial charge in [0.15, 0.2) is 0 Å². The molecule has 0 saturated heterocycles. The van der Waals surface area contributed by atoms with Gasteiger partial charge < -0.3 is 59.4 Å². The summed E-state index contributed by atoms with van der Waals surface area (Å²) in [5.41, 5.74) is 12.6. The van der Waals surface area contributed by atoms with Crippen molar-refractivity contribution in [2.75, 3.05) is 52.3 Å². The highest BCUT2D eigenvalue weighted by Gasteiger charge is 2.20. The molecule has 0 aliphatic rings. The summed E-state index contributed by atoms with van der Waals surface area (Å²) in [5.74, 6) is -0.423. The van der Waals surface area contributed by atoms with Crippen LogP contribution in [-0.4, -0.2) is 136 Å². The molecule has 0 aliphatic heterocycles. The van der Waals surface area contributed by atoms with Crippen molar-refractivity contribution in [3.05, 3.63) is 237 Å². The molecule has 114 heavy (non-hydrogen) atoms. The molecule has 0 spiro atoms. The van der Waals surface area contributed by atoms with E-state index in [2.05, 4.69) is 129 Å². The Balaban J connectivity index is 0.000000232. The second-order valence-electron chi connectivity index (χ2n) is 29.8. The highest BCUT2D eigenvalue weighted by molar-refractivity contribution is 7.86. The van der Waals surface area contributed by atoms with Crippen LogP contribution in [0.25, 0.3) is 67.5 Å². The number of aromatic amines is 1. The van der Waals surface area contributed by atoms with E-state index >= 15 is 0 Å². The van der Waals surface area contributed by atoms with E-state index in [4.69, 9.17) is 34.0 Å². The highest BCUT2D eigenvalue weighted by Crippen LogP contribution is 2.34. The minimum absolute atomic E-state index is 0.00485. The zero-order chi connectivity index (χ0) is 82.5. The first kappa shape index (κ1) is 92.1. The average Bonchev–Trinajstić information content (AvgIpc) is 1.66. The van der Waals surface area contributed by atoms with Gasteiger partial charge in [-0.25, -0.2) is 33.7 Å². The lowest BCUT2D eigenvalue weighted by Gasteiger charge is -2.19. The second-order valence-corrected chi connectivity index (χ2v) is 31.5. The van der Waals surface area contributed by atoms with E-state index in [1.54, 1.807) is 39.2 Å². The van der Waals surface area contributed by atoms with Gasteiger partial charge in [-0.1, -0.05) is 194 Å². The lowest BCUT2D eigenvalue weighted by atomic mass is 10.0. The number of aryl methyl sites for hydroxylation is 2. The van der Waals surface area contributed by atoms with Crippen LogP contribution in [-0.2, 0) is 57.7 Å². The van der Waals surface area contributed by atoms with Gasteiger partial charge >= 0.3 is 18.3 Å². The van der Waals surface area contributed by atoms with Crippen LogP contribution in [0.3, 0.4) is 0 Å². The topological polar surface area (TPSA) is 281 Å². The third-order valence-corrected chi connectivity index (χ3v) is 17.1. The van der Waals surface area contributed by atoms with E-state index in [9.17, 15) is 32.0 Å². The van der Waals surface area contributed by atoms with Crippen LogP contribution in [0, 0.1) is 5.82 Å². The van der Waals surface area contributed by atoms with Crippen LogP contribution >= 0.6 is 0 Å². The van der Waals surface area contributed by atoms with Gasteiger partial charge in [0, 0.05) is 79.3 Å². The van der Waals surface area contributed by atoms with Crippen LogP contribution in [0.1, 0.15) is 145 Å². The summed E-state index contributed by atoms with van der Waals surface area (Å²) in [6.45, 7) is 21.3. The third-order valence-electron chi connectivity index (χ3n) is 16.5. The normalized spacial score (nSPS) is 11.2. The van der Waals surface area contributed by atoms with E-state index in [1.165, 1.54) is 17.7 Å². The van der Waals surface area contributed by atoms with E-state index < -0.39 is 33.0 Å². The molecule has 0 radical (unpaired) electrons. The number of aliphatic hydroxyl groups is 1. The van der Waals surface area contributed by atoms with Crippen LogP contribution in [0.15, 0.2) is 225 Å². The third kappa shape index (κ3) is 37.7. The summed E-state index contributed by atoms with van der Waals surface area (Å²) in [4.78, 5) is 63.1. The second kappa shape index (κ2) is 49.7.